The van der Waals surface area contributed by atoms with Crippen molar-refractivity contribution in [1.82, 2.24) is 19.5 Å². The third-order valence-electron chi connectivity index (χ3n) is 2.60. The van der Waals surface area contributed by atoms with Gasteiger partial charge in [0.05, 0.1) is 6.54 Å². The Morgan fingerprint density at radius 1 is 1.35 bits per heavy atom. The number of sulfonamides is 1. The molecule has 2 aromatic rings. The summed E-state index contributed by atoms with van der Waals surface area (Å²) < 4.78 is 28.2. The lowest BCUT2D eigenvalue weighted by molar-refractivity contribution is 0.560. The molecule has 0 radical (unpaired) electrons. The first-order valence-electron chi connectivity index (χ1n) is 6.29. The van der Waals surface area contributed by atoms with Gasteiger partial charge in [0, 0.05) is 31.7 Å². The maximum absolute atomic E-state index is 12.0. The average molecular weight is 295 g/mol. The predicted octanol–water partition coefficient (Wildman–Crippen LogP) is 0.688. The second kappa shape index (κ2) is 6.49. The molecular formula is C12H17N5O2S. The van der Waals surface area contributed by atoms with Crippen LogP contribution in [0.15, 0.2) is 41.7 Å². The molecule has 2 rings (SSSR count). The predicted molar refractivity (Wildman–Crippen MR) is 75.8 cm³/mol. The van der Waals surface area contributed by atoms with E-state index in [4.69, 9.17) is 0 Å². The van der Waals surface area contributed by atoms with Gasteiger partial charge in [0.1, 0.15) is 10.7 Å². The molecule has 0 fully saturated rings. The van der Waals surface area contributed by atoms with E-state index in [1.165, 1.54) is 12.3 Å². The van der Waals surface area contributed by atoms with Gasteiger partial charge in [-0.05, 0) is 25.1 Å². The van der Waals surface area contributed by atoms with Crippen molar-refractivity contribution in [3.8, 4) is 0 Å². The molecule has 0 amide bonds. The van der Waals surface area contributed by atoms with E-state index in [1.807, 2.05) is 6.92 Å². The quantitative estimate of drug-likeness (QED) is 0.784. The van der Waals surface area contributed by atoms with Gasteiger partial charge in [-0.3, -0.25) is 4.68 Å². The highest BCUT2D eigenvalue weighted by Crippen LogP contribution is 2.10. The summed E-state index contributed by atoms with van der Waals surface area (Å²) in [6, 6.07) is 4.96. The van der Waals surface area contributed by atoms with Gasteiger partial charge in [0.25, 0.3) is 0 Å². The summed E-state index contributed by atoms with van der Waals surface area (Å²) in [7, 11) is -3.53. The Balaban J connectivity index is 1.95. The Morgan fingerprint density at radius 3 is 2.80 bits per heavy atom. The maximum Gasteiger partial charge on any atom is 0.242 e. The smallest absolute Gasteiger partial charge is 0.242 e. The van der Waals surface area contributed by atoms with Crippen molar-refractivity contribution in [3.05, 3.63) is 36.8 Å². The number of hydrogen-bond acceptors (Lipinski definition) is 5. The highest BCUT2D eigenvalue weighted by molar-refractivity contribution is 7.89. The molecular weight excluding hydrogens is 278 g/mol. The Bertz CT molecular complexity index is 622. The third kappa shape index (κ3) is 3.78. The van der Waals surface area contributed by atoms with Crippen LogP contribution >= 0.6 is 0 Å². The van der Waals surface area contributed by atoms with E-state index < -0.39 is 10.0 Å². The molecule has 108 valence electrons. The van der Waals surface area contributed by atoms with Crippen molar-refractivity contribution in [1.29, 1.82) is 0 Å². The molecule has 0 spiro atoms. The van der Waals surface area contributed by atoms with E-state index in [0.717, 1.165) is 6.54 Å². The Morgan fingerprint density at radius 2 is 2.20 bits per heavy atom. The molecule has 0 saturated heterocycles. The van der Waals surface area contributed by atoms with Gasteiger partial charge in [-0.25, -0.2) is 18.1 Å². The topological polar surface area (TPSA) is 88.9 Å². The van der Waals surface area contributed by atoms with E-state index in [0.29, 0.717) is 12.4 Å². The lowest BCUT2D eigenvalue weighted by Gasteiger charge is -2.07. The van der Waals surface area contributed by atoms with E-state index in [-0.39, 0.29) is 11.4 Å². The molecule has 20 heavy (non-hydrogen) atoms. The Labute approximate surface area is 118 Å². The van der Waals surface area contributed by atoms with Crippen molar-refractivity contribution in [3.63, 3.8) is 0 Å². The maximum atomic E-state index is 12.0. The van der Waals surface area contributed by atoms with Gasteiger partial charge in [-0.15, -0.1) is 0 Å². The molecule has 2 aromatic heterocycles. The second-order valence-electron chi connectivity index (χ2n) is 4.08. The third-order valence-corrected chi connectivity index (χ3v) is 4.04. The van der Waals surface area contributed by atoms with Crippen molar-refractivity contribution in [2.75, 3.05) is 18.4 Å². The molecule has 0 bridgehead atoms. The highest BCUT2D eigenvalue weighted by atomic mass is 32.2. The molecule has 0 aliphatic heterocycles. The summed E-state index contributed by atoms with van der Waals surface area (Å²) in [6.45, 7) is 3.44. The minimum absolute atomic E-state index is 0.152. The lowest BCUT2D eigenvalue weighted by Crippen LogP contribution is -2.27. The summed E-state index contributed by atoms with van der Waals surface area (Å²) in [4.78, 5) is 4.20. The number of nitrogens with one attached hydrogen (secondary N) is 2. The van der Waals surface area contributed by atoms with Crippen LogP contribution in [0.3, 0.4) is 0 Å². The van der Waals surface area contributed by atoms with Gasteiger partial charge in [-0.2, -0.15) is 5.10 Å². The highest BCUT2D eigenvalue weighted by Gasteiger charge is 2.13. The van der Waals surface area contributed by atoms with Crippen LogP contribution in [0.5, 0.6) is 0 Å². The van der Waals surface area contributed by atoms with Gasteiger partial charge in [-0.1, -0.05) is 0 Å². The largest absolute Gasteiger partial charge is 0.370 e. The summed E-state index contributed by atoms with van der Waals surface area (Å²) in [5.41, 5.74) is 0. The van der Waals surface area contributed by atoms with Crippen molar-refractivity contribution >= 4 is 15.8 Å². The van der Waals surface area contributed by atoms with Crippen LogP contribution in [0.1, 0.15) is 6.92 Å². The summed E-state index contributed by atoms with van der Waals surface area (Å²) >= 11 is 0. The summed E-state index contributed by atoms with van der Waals surface area (Å²) in [5.74, 6) is 0.656. The average Bonchev–Trinajstić information content (AvgIpc) is 2.93. The van der Waals surface area contributed by atoms with Crippen LogP contribution in [-0.2, 0) is 16.6 Å². The molecule has 0 saturated carbocycles. The minimum atomic E-state index is -3.53. The minimum Gasteiger partial charge on any atom is -0.370 e. The van der Waals surface area contributed by atoms with Crippen LogP contribution in [0.25, 0.3) is 0 Å². The normalized spacial score (nSPS) is 11.4. The molecule has 7 nitrogen and oxygen atoms in total. The van der Waals surface area contributed by atoms with Crippen molar-refractivity contribution in [2.24, 2.45) is 0 Å². The molecule has 8 heteroatoms. The Kier molecular flexibility index (Phi) is 4.70. The molecule has 0 aromatic carbocycles. The number of aromatic nitrogens is 3. The fourth-order valence-corrected chi connectivity index (χ4v) is 2.60. The van der Waals surface area contributed by atoms with Gasteiger partial charge in [0.15, 0.2) is 0 Å². The molecule has 0 aliphatic carbocycles. The van der Waals surface area contributed by atoms with E-state index in [9.17, 15) is 8.42 Å². The first-order chi connectivity index (χ1) is 9.62. The first-order valence-corrected chi connectivity index (χ1v) is 7.77. The van der Waals surface area contributed by atoms with Crippen molar-refractivity contribution in [2.45, 2.75) is 18.4 Å². The zero-order valence-electron chi connectivity index (χ0n) is 11.2. The van der Waals surface area contributed by atoms with Crippen LogP contribution in [0.4, 0.5) is 5.82 Å². The lowest BCUT2D eigenvalue weighted by atomic mass is 10.4. The summed E-state index contributed by atoms with van der Waals surface area (Å²) in [6.07, 6.45) is 4.77. The number of rotatable bonds is 7. The number of anilines is 1. The molecule has 2 N–H and O–H groups in total. The van der Waals surface area contributed by atoms with Gasteiger partial charge in [0.2, 0.25) is 10.0 Å². The number of hydrogen-bond donors (Lipinski definition) is 2. The fraction of sp³-hybridized carbons (Fsp3) is 0.333. The standard InChI is InChI=1S/C12H17N5O2S/c1-2-13-12-5-4-11(10-14-12)20(18,19)16-7-9-17-8-3-6-15-17/h3-6,8,10,16H,2,7,9H2,1H3,(H,13,14). The molecule has 0 unspecified atom stereocenters. The van der Waals surface area contributed by atoms with E-state index in [2.05, 4.69) is 20.1 Å². The zero-order valence-corrected chi connectivity index (χ0v) is 12.0. The van der Waals surface area contributed by atoms with Crippen LogP contribution < -0.4 is 10.0 Å². The van der Waals surface area contributed by atoms with Crippen LogP contribution in [-0.4, -0.2) is 36.3 Å². The molecule has 0 aliphatic rings. The number of pyridine rings is 1. The monoisotopic (exact) mass is 295 g/mol. The van der Waals surface area contributed by atoms with E-state index >= 15 is 0 Å². The fourth-order valence-electron chi connectivity index (χ4n) is 1.64. The Hall–Kier alpha value is -1.93. The first kappa shape index (κ1) is 14.5. The summed E-state index contributed by atoms with van der Waals surface area (Å²) in [5, 5.41) is 7.01. The molecule has 2 heterocycles. The zero-order chi connectivity index (χ0) is 14.4. The van der Waals surface area contributed by atoms with E-state index in [1.54, 1.807) is 29.2 Å². The second-order valence-corrected chi connectivity index (χ2v) is 5.84. The molecule has 0 atom stereocenters. The SMILES string of the molecule is CCNc1ccc(S(=O)(=O)NCCn2cccn2)cn1. The van der Waals surface area contributed by atoms with Crippen molar-refractivity contribution < 1.29 is 8.42 Å². The number of nitrogens with zero attached hydrogens (tertiary/aromatic N) is 3. The van der Waals surface area contributed by atoms with Crippen LogP contribution in [0, 0.1) is 0 Å². The van der Waals surface area contributed by atoms with Gasteiger partial charge < -0.3 is 5.32 Å². The van der Waals surface area contributed by atoms with Crippen LogP contribution in [0.2, 0.25) is 0 Å². The van der Waals surface area contributed by atoms with Gasteiger partial charge >= 0.3 is 0 Å².